The van der Waals surface area contributed by atoms with Gasteiger partial charge in [0.05, 0.1) is 0 Å². The molecule has 0 bridgehead atoms. The van der Waals surface area contributed by atoms with Gasteiger partial charge in [0.15, 0.2) is 0 Å². The second-order valence-corrected chi connectivity index (χ2v) is 9.47. The molecule has 3 aromatic carbocycles. The van der Waals surface area contributed by atoms with Crippen LogP contribution in [-0.4, -0.2) is 43.0 Å². The zero-order valence-electron chi connectivity index (χ0n) is 19.6. The number of amides is 3. The normalized spacial score (nSPS) is 13.5. The third-order valence-electron chi connectivity index (χ3n) is 6.03. The van der Waals surface area contributed by atoms with Gasteiger partial charge < -0.3 is 15.5 Å². The van der Waals surface area contributed by atoms with E-state index in [9.17, 15) is 9.59 Å². The van der Waals surface area contributed by atoms with Gasteiger partial charge in [-0.3, -0.25) is 9.69 Å². The first kappa shape index (κ1) is 25.0. The first-order valence-corrected chi connectivity index (χ1v) is 12.4. The van der Waals surface area contributed by atoms with Crippen molar-refractivity contribution in [1.82, 2.24) is 4.90 Å². The molecule has 3 aromatic rings. The largest absolute Gasteiger partial charge is 0.326 e. The molecule has 0 atom stereocenters. The van der Waals surface area contributed by atoms with Crippen LogP contribution in [0.25, 0.3) is 0 Å². The number of carbonyl (C=O) groups excluding carboxylic acids is 2. The lowest BCUT2D eigenvalue weighted by Gasteiger charge is -2.27. The summed E-state index contributed by atoms with van der Waals surface area (Å²) in [5.74, 6) is -0.226. The van der Waals surface area contributed by atoms with E-state index >= 15 is 0 Å². The molecule has 35 heavy (non-hydrogen) atoms. The molecule has 0 saturated carbocycles. The van der Waals surface area contributed by atoms with E-state index in [0.29, 0.717) is 33.5 Å². The van der Waals surface area contributed by atoms with Gasteiger partial charge in [0.1, 0.15) is 0 Å². The minimum atomic E-state index is -0.229. The fourth-order valence-corrected chi connectivity index (χ4v) is 4.39. The summed E-state index contributed by atoms with van der Waals surface area (Å²) in [7, 11) is 0. The number of nitrogens with zero attached hydrogens (tertiary/aromatic N) is 2. The fraction of sp³-hybridized carbons (Fsp3) is 0.259. The quantitative estimate of drug-likeness (QED) is 0.372. The average molecular weight is 511 g/mol. The Morgan fingerprint density at radius 3 is 2.00 bits per heavy atom. The lowest BCUT2D eigenvalue weighted by molar-refractivity contribution is 0.102. The van der Waals surface area contributed by atoms with E-state index in [1.807, 2.05) is 13.0 Å². The molecule has 1 fully saturated rings. The third-order valence-corrected chi connectivity index (χ3v) is 6.53. The lowest BCUT2D eigenvalue weighted by Crippen LogP contribution is -2.41. The van der Waals surface area contributed by atoms with Gasteiger partial charge in [-0.05, 0) is 105 Å². The summed E-state index contributed by atoms with van der Waals surface area (Å²) in [6.07, 6.45) is 2.38. The molecule has 1 heterocycles. The van der Waals surface area contributed by atoms with E-state index in [2.05, 4.69) is 15.5 Å². The van der Waals surface area contributed by atoms with Gasteiger partial charge >= 0.3 is 6.03 Å². The molecule has 1 aliphatic heterocycles. The van der Waals surface area contributed by atoms with Gasteiger partial charge in [0, 0.05) is 45.8 Å². The predicted octanol–water partition coefficient (Wildman–Crippen LogP) is 6.69. The predicted molar refractivity (Wildman–Crippen MR) is 144 cm³/mol. The number of anilines is 3. The Balaban J connectivity index is 1.52. The van der Waals surface area contributed by atoms with Crippen LogP contribution in [0.1, 0.15) is 28.8 Å². The van der Waals surface area contributed by atoms with Crippen molar-refractivity contribution in [1.29, 1.82) is 0 Å². The lowest BCUT2D eigenvalue weighted by atomic mass is 10.1. The van der Waals surface area contributed by atoms with Crippen LogP contribution in [0, 0.1) is 6.92 Å². The number of likely N-dealkylation sites (tertiary alicyclic amines) is 1. The number of halogens is 2. The molecule has 0 aliphatic carbocycles. The number of hydrogen-bond donors (Lipinski definition) is 2. The highest BCUT2D eigenvalue weighted by molar-refractivity contribution is 6.31. The Hall–Kier alpha value is -3.06. The number of aryl methyl sites for hydroxylation is 1. The molecule has 0 unspecified atom stereocenters. The van der Waals surface area contributed by atoms with Gasteiger partial charge in [0.25, 0.3) is 5.91 Å². The summed E-state index contributed by atoms with van der Waals surface area (Å²) >= 11 is 11.9. The van der Waals surface area contributed by atoms with E-state index in [1.165, 1.54) is 12.8 Å². The Morgan fingerprint density at radius 1 is 0.857 bits per heavy atom. The maximum Gasteiger partial charge on any atom is 0.326 e. The highest BCUT2D eigenvalue weighted by Crippen LogP contribution is 2.24. The Labute approximate surface area is 215 Å². The SMILES string of the molecule is Cc1cc(C(=O)Nc2ccc(Cl)cc2)ccc1N(CCN1CCCC1)C(=O)Nc1ccc(Cl)cc1. The highest BCUT2D eigenvalue weighted by Gasteiger charge is 2.21. The van der Waals surface area contributed by atoms with Gasteiger partial charge in [-0.25, -0.2) is 4.79 Å². The van der Waals surface area contributed by atoms with E-state index in [1.54, 1.807) is 65.6 Å². The fourth-order valence-electron chi connectivity index (χ4n) is 4.14. The van der Waals surface area contributed by atoms with Crippen LogP contribution in [0.15, 0.2) is 66.7 Å². The zero-order valence-corrected chi connectivity index (χ0v) is 21.1. The van der Waals surface area contributed by atoms with Crippen LogP contribution in [0.4, 0.5) is 21.9 Å². The van der Waals surface area contributed by atoms with Crippen LogP contribution < -0.4 is 15.5 Å². The number of carbonyl (C=O) groups is 2. The minimum Gasteiger partial charge on any atom is -0.322 e. The second-order valence-electron chi connectivity index (χ2n) is 8.60. The molecule has 182 valence electrons. The summed E-state index contributed by atoms with van der Waals surface area (Å²) in [5.41, 5.74) is 3.44. The first-order chi connectivity index (χ1) is 16.9. The van der Waals surface area contributed by atoms with E-state index in [4.69, 9.17) is 23.2 Å². The van der Waals surface area contributed by atoms with Crippen molar-refractivity contribution in [2.75, 3.05) is 41.7 Å². The topological polar surface area (TPSA) is 64.7 Å². The standard InChI is InChI=1S/C27H28Cl2N4O2/c1-19-18-20(26(34)30-23-9-5-21(28)6-10-23)4-13-25(19)33(17-16-32-14-2-3-15-32)27(35)31-24-11-7-22(29)8-12-24/h4-13,18H,2-3,14-17H2,1H3,(H,30,34)(H,31,35). The van der Waals surface area contributed by atoms with Crippen LogP contribution in [0.3, 0.4) is 0 Å². The monoisotopic (exact) mass is 510 g/mol. The van der Waals surface area contributed by atoms with Crippen molar-refractivity contribution in [3.8, 4) is 0 Å². The van der Waals surface area contributed by atoms with Crippen molar-refractivity contribution in [2.24, 2.45) is 0 Å². The summed E-state index contributed by atoms with van der Waals surface area (Å²) in [6, 6.07) is 19.1. The van der Waals surface area contributed by atoms with Gasteiger partial charge in [-0.15, -0.1) is 0 Å². The molecule has 1 aliphatic rings. The van der Waals surface area contributed by atoms with Gasteiger partial charge in [-0.2, -0.15) is 0 Å². The average Bonchev–Trinajstić information content (AvgIpc) is 3.36. The van der Waals surface area contributed by atoms with Crippen LogP contribution in [0.5, 0.6) is 0 Å². The van der Waals surface area contributed by atoms with Crippen molar-refractivity contribution in [3.05, 3.63) is 87.9 Å². The Bertz CT molecular complexity index is 1180. The van der Waals surface area contributed by atoms with Crippen LogP contribution in [0.2, 0.25) is 10.0 Å². The number of hydrogen-bond acceptors (Lipinski definition) is 3. The second kappa shape index (κ2) is 11.6. The summed E-state index contributed by atoms with van der Waals surface area (Å²) in [4.78, 5) is 30.2. The van der Waals surface area contributed by atoms with Gasteiger partial charge in [-0.1, -0.05) is 23.2 Å². The first-order valence-electron chi connectivity index (χ1n) is 11.6. The molecule has 8 heteroatoms. The maximum absolute atomic E-state index is 13.3. The van der Waals surface area contributed by atoms with E-state index < -0.39 is 0 Å². The summed E-state index contributed by atoms with van der Waals surface area (Å²) in [6.45, 7) is 5.33. The number of benzene rings is 3. The third kappa shape index (κ3) is 6.75. The zero-order chi connectivity index (χ0) is 24.8. The Morgan fingerprint density at radius 2 is 1.43 bits per heavy atom. The molecule has 0 radical (unpaired) electrons. The van der Waals surface area contributed by atoms with E-state index in [-0.39, 0.29) is 11.9 Å². The summed E-state index contributed by atoms with van der Waals surface area (Å²) in [5, 5.41) is 7.05. The summed E-state index contributed by atoms with van der Waals surface area (Å²) < 4.78 is 0. The van der Waals surface area contributed by atoms with E-state index in [0.717, 1.165) is 30.9 Å². The molecular formula is C27H28Cl2N4O2. The molecule has 0 aromatic heterocycles. The molecular weight excluding hydrogens is 483 g/mol. The van der Waals surface area contributed by atoms with Crippen molar-refractivity contribution < 1.29 is 9.59 Å². The molecule has 6 nitrogen and oxygen atoms in total. The van der Waals surface area contributed by atoms with Crippen molar-refractivity contribution in [3.63, 3.8) is 0 Å². The molecule has 0 spiro atoms. The smallest absolute Gasteiger partial charge is 0.322 e. The molecule has 1 saturated heterocycles. The molecule has 4 rings (SSSR count). The van der Waals surface area contributed by atoms with Crippen molar-refractivity contribution >= 4 is 52.2 Å². The van der Waals surface area contributed by atoms with Gasteiger partial charge in [0.2, 0.25) is 0 Å². The van der Waals surface area contributed by atoms with Crippen LogP contribution in [-0.2, 0) is 0 Å². The van der Waals surface area contributed by atoms with Crippen molar-refractivity contribution in [2.45, 2.75) is 19.8 Å². The minimum absolute atomic E-state index is 0.226. The maximum atomic E-state index is 13.3. The number of nitrogens with one attached hydrogen (secondary N) is 2. The number of urea groups is 1. The Kier molecular flexibility index (Phi) is 8.29. The van der Waals surface area contributed by atoms with Crippen LogP contribution >= 0.6 is 23.2 Å². The number of rotatable bonds is 7. The molecule has 3 amide bonds. The highest BCUT2D eigenvalue weighted by atomic mass is 35.5. The molecule has 2 N–H and O–H groups in total.